The van der Waals surface area contributed by atoms with Crippen molar-refractivity contribution in [3.63, 3.8) is 0 Å². The highest BCUT2D eigenvalue weighted by atomic mass is 16.6. The summed E-state index contributed by atoms with van der Waals surface area (Å²) in [7, 11) is 0. The lowest BCUT2D eigenvalue weighted by Crippen LogP contribution is -2.33. The Balaban J connectivity index is 1.57. The highest BCUT2D eigenvalue weighted by molar-refractivity contribution is 6.00. The SMILES string of the molecule is Cc1ccccc1C(=O)NCC(=O)Nc1cccc(N2CCOC2=O)c1. The number of carbonyl (C=O) groups is 3. The molecule has 0 aliphatic carbocycles. The zero-order chi connectivity index (χ0) is 18.5. The molecule has 7 heteroatoms. The van der Waals surface area contributed by atoms with Crippen LogP contribution in [-0.2, 0) is 9.53 Å². The van der Waals surface area contributed by atoms with Crippen molar-refractivity contribution >= 4 is 29.3 Å². The molecule has 3 rings (SSSR count). The summed E-state index contributed by atoms with van der Waals surface area (Å²) in [6.45, 7) is 2.51. The number of carbonyl (C=O) groups excluding carboxylic acids is 3. The van der Waals surface area contributed by atoms with Crippen LogP contribution in [0, 0.1) is 6.92 Å². The van der Waals surface area contributed by atoms with Crippen LogP contribution in [0.3, 0.4) is 0 Å². The Kier molecular flexibility index (Phi) is 5.17. The average molecular weight is 353 g/mol. The van der Waals surface area contributed by atoms with Crippen molar-refractivity contribution < 1.29 is 19.1 Å². The molecule has 26 heavy (non-hydrogen) atoms. The first-order valence-corrected chi connectivity index (χ1v) is 8.22. The Hall–Kier alpha value is -3.35. The number of benzene rings is 2. The van der Waals surface area contributed by atoms with E-state index in [9.17, 15) is 14.4 Å². The second-order valence-corrected chi connectivity index (χ2v) is 5.86. The van der Waals surface area contributed by atoms with E-state index in [0.29, 0.717) is 30.1 Å². The Bertz CT molecular complexity index is 850. The maximum atomic E-state index is 12.1. The van der Waals surface area contributed by atoms with Crippen molar-refractivity contribution in [3.8, 4) is 0 Å². The maximum absolute atomic E-state index is 12.1. The monoisotopic (exact) mass is 353 g/mol. The predicted molar refractivity (Wildman–Crippen MR) is 97.3 cm³/mol. The molecule has 0 aromatic heterocycles. The van der Waals surface area contributed by atoms with E-state index in [-0.39, 0.29) is 18.4 Å². The second-order valence-electron chi connectivity index (χ2n) is 5.86. The number of nitrogens with one attached hydrogen (secondary N) is 2. The van der Waals surface area contributed by atoms with E-state index < -0.39 is 6.09 Å². The number of nitrogens with zero attached hydrogens (tertiary/aromatic N) is 1. The summed E-state index contributed by atoms with van der Waals surface area (Å²) in [5.74, 6) is -0.653. The fraction of sp³-hybridized carbons (Fsp3) is 0.211. The van der Waals surface area contributed by atoms with Gasteiger partial charge in [-0.2, -0.15) is 0 Å². The first kappa shape index (κ1) is 17.5. The van der Waals surface area contributed by atoms with Crippen molar-refractivity contribution in [2.45, 2.75) is 6.92 Å². The molecule has 0 saturated carbocycles. The lowest BCUT2D eigenvalue weighted by molar-refractivity contribution is -0.115. The Morgan fingerprint density at radius 1 is 1.15 bits per heavy atom. The van der Waals surface area contributed by atoms with Gasteiger partial charge in [0, 0.05) is 16.9 Å². The molecule has 0 atom stereocenters. The third kappa shape index (κ3) is 4.00. The summed E-state index contributed by atoms with van der Waals surface area (Å²) >= 11 is 0. The van der Waals surface area contributed by atoms with Crippen LogP contribution >= 0.6 is 0 Å². The van der Waals surface area contributed by atoms with Crippen LogP contribution in [0.5, 0.6) is 0 Å². The molecule has 1 aliphatic rings. The van der Waals surface area contributed by atoms with Crippen LogP contribution in [0.15, 0.2) is 48.5 Å². The van der Waals surface area contributed by atoms with Crippen LogP contribution in [0.2, 0.25) is 0 Å². The molecular formula is C19H19N3O4. The van der Waals surface area contributed by atoms with Gasteiger partial charge in [0.2, 0.25) is 5.91 Å². The van der Waals surface area contributed by atoms with Crippen LogP contribution in [-0.4, -0.2) is 37.6 Å². The van der Waals surface area contributed by atoms with E-state index in [0.717, 1.165) is 5.56 Å². The smallest absolute Gasteiger partial charge is 0.414 e. The summed E-state index contributed by atoms with van der Waals surface area (Å²) in [5, 5.41) is 5.31. The van der Waals surface area contributed by atoms with Crippen LogP contribution < -0.4 is 15.5 Å². The highest BCUT2D eigenvalue weighted by Crippen LogP contribution is 2.22. The van der Waals surface area contributed by atoms with E-state index in [1.807, 2.05) is 19.1 Å². The number of cyclic esters (lactones) is 1. The van der Waals surface area contributed by atoms with Crippen molar-refractivity contribution in [3.05, 3.63) is 59.7 Å². The minimum Gasteiger partial charge on any atom is -0.447 e. The zero-order valence-electron chi connectivity index (χ0n) is 14.3. The first-order chi connectivity index (χ1) is 12.5. The van der Waals surface area contributed by atoms with Gasteiger partial charge in [-0.3, -0.25) is 14.5 Å². The molecule has 1 saturated heterocycles. The number of hydrogen-bond donors (Lipinski definition) is 2. The Morgan fingerprint density at radius 3 is 2.69 bits per heavy atom. The topological polar surface area (TPSA) is 87.7 Å². The normalized spacial score (nSPS) is 13.3. The van der Waals surface area contributed by atoms with Gasteiger partial charge < -0.3 is 15.4 Å². The van der Waals surface area contributed by atoms with E-state index in [1.54, 1.807) is 36.4 Å². The molecule has 3 amide bonds. The van der Waals surface area contributed by atoms with Crippen LogP contribution in [0.25, 0.3) is 0 Å². The third-order valence-electron chi connectivity index (χ3n) is 4.00. The zero-order valence-corrected chi connectivity index (χ0v) is 14.3. The van der Waals surface area contributed by atoms with E-state index in [2.05, 4.69) is 10.6 Å². The van der Waals surface area contributed by atoms with E-state index >= 15 is 0 Å². The summed E-state index contributed by atoms with van der Waals surface area (Å²) in [6, 6.07) is 14.1. The number of rotatable bonds is 5. The lowest BCUT2D eigenvalue weighted by Gasteiger charge is -2.14. The molecule has 0 unspecified atom stereocenters. The Labute approximate surface area is 150 Å². The van der Waals surface area contributed by atoms with Crippen LogP contribution in [0.1, 0.15) is 15.9 Å². The lowest BCUT2D eigenvalue weighted by atomic mass is 10.1. The molecule has 7 nitrogen and oxygen atoms in total. The fourth-order valence-corrected chi connectivity index (χ4v) is 2.67. The van der Waals surface area contributed by atoms with Gasteiger partial charge in [-0.05, 0) is 36.8 Å². The van der Waals surface area contributed by atoms with E-state index in [1.165, 1.54) is 4.90 Å². The number of hydrogen-bond acceptors (Lipinski definition) is 4. The molecule has 0 bridgehead atoms. The first-order valence-electron chi connectivity index (χ1n) is 8.22. The largest absolute Gasteiger partial charge is 0.447 e. The molecule has 1 heterocycles. The average Bonchev–Trinajstić information content (AvgIpc) is 3.06. The van der Waals surface area contributed by atoms with Crippen molar-refractivity contribution in [2.24, 2.45) is 0 Å². The van der Waals surface area contributed by atoms with Gasteiger partial charge in [-0.25, -0.2) is 4.79 Å². The minimum atomic E-state index is -0.404. The molecule has 0 spiro atoms. The third-order valence-corrected chi connectivity index (χ3v) is 4.00. The van der Waals surface area contributed by atoms with Gasteiger partial charge in [0.1, 0.15) is 6.61 Å². The van der Waals surface area contributed by atoms with Crippen LogP contribution in [0.4, 0.5) is 16.2 Å². The maximum Gasteiger partial charge on any atom is 0.414 e. The van der Waals surface area contributed by atoms with Gasteiger partial charge in [0.15, 0.2) is 0 Å². The highest BCUT2D eigenvalue weighted by Gasteiger charge is 2.23. The summed E-state index contributed by atoms with van der Waals surface area (Å²) in [6.07, 6.45) is -0.404. The molecule has 1 aliphatic heterocycles. The summed E-state index contributed by atoms with van der Waals surface area (Å²) < 4.78 is 4.91. The summed E-state index contributed by atoms with van der Waals surface area (Å²) in [4.78, 5) is 37.3. The number of aryl methyl sites for hydroxylation is 1. The number of anilines is 2. The molecule has 2 aromatic carbocycles. The van der Waals surface area contributed by atoms with Gasteiger partial charge in [-0.15, -0.1) is 0 Å². The van der Waals surface area contributed by atoms with Gasteiger partial charge in [0.05, 0.1) is 13.1 Å². The molecule has 2 N–H and O–H groups in total. The fourth-order valence-electron chi connectivity index (χ4n) is 2.67. The predicted octanol–water partition coefficient (Wildman–Crippen LogP) is 2.32. The van der Waals surface area contributed by atoms with E-state index in [4.69, 9.17) is 4.74 Å². The van der Waals surface area contributed by atoms with Gasteiger partial charge in [-0.1, -0.05) is 24.3 Å². The molecular weight excluding hydrogens is 334 g/mol. The van der Waals surface area contributed by atoms with Gasteiger partial charge in [0.25, 0.3) is 5.91 Å². The molecule has 2 aromatic rings. The second kappa shape index (κ2) is 7.69. The van der Waals surface area contributed by atoms with Gasteiger partial charge >= 0.3 is 6.09 Å². The number of ether oxygens (including phenoxy) is 1. The van der Waals surface area contributed by atoms with Crippen molar-refractivity contribution in [2.75, 3.05) is 29.9 Å². The van der Waals surface area contributed by atoms with Crippen molar-refractivity contribution in [1.82, 2.24) is 5.32 Å². The quantitative estimate of drug-likeness (QED) is 0.863. The molecule has 1 fully saturated rings. The Morgan fingerprint density at radius 2 is 1.96 bits per heavy atom. The molecule has 0 radical (unpaired) electrons. The molecule has 134 valence electrons. The summed E-state index contributed by atoms with van der Waals surface area (Å²) in [5.41, 5.74) is 2.57. The minimum absolute atomic E-state index is 0.150. The standard InChI is InChI=1S/C19H19N3O4/c1-13-5-2-3-8-16(13)18(24)20-12-17(23)21-14-6-4-7-15(11-14)22-9-10-26-19(22)25/h2-8,11H,9-10,12H2,1H3,(H,20,24)(H,21,23). The van der Waals surface area contributed by atoms with Crippen molar-refractivity contribution in [1.29, 1.82) is 0 Å². The number of amides is 3.